The maximum atomic E-state index is 11.7. The first-order chi connectivity index (χ1) is 8.45. The van der Waals surface area contributed by atoms with E-state index in [1.54, 1.807) is 13.1 Å². The molecule has 0 bridgehead atoms. The molecule has 1 rings (SSSR count). The van der Waals surface area contributed by atoms with Gasteiger partial charge in [-0.1, -0.05) is 17.7 Å². The van der Waals surface area contributed by atoms with Crippen molar-refractivity contribution in [3.8, 4) is 0 Å². The molecule has 0 atom stereocenters. The van der Waals surface area contributed by atoms with Crippen LogP contribution in [0.3, 0.4) is 0 Å². The molecule has 5 nitrogen and oxygen atoms in total. The van der Waals surface area contributed by atoms with Crippen molar-refractivity contribution in [3.63, 3.8) is 0 Å². The second-order valence-electron chi connectivity index (χ2n) is 3.60. The second kappa shape index (κ2) is 6.07. The summed E-state index contributed by atoms with van der Waals surface area (Å²) in [5.41, 5.74) is 0.431. The Hall–Kier alpha value is -2.01. The first-order valence-electron chi connectivity index (χ1n) is 5.11. The zero-order chi connectivity index (χ0) is 13.7. The summed E-state index contributed by atoms with van der Waals surface area (Å²) in [6, 6.07) is 3.76. The van der Waals surface area contributed by atoms with Gasteiger partial charge in [-0.05, 0) is 18.2 Å². The Labute approximate surface area is 110 Å². The third-order valence-electron chi connectivity index (χ3n) is 2.21. The Balaban J connectivity index is 2.82. The van der Waals surface area contributed by atoms with Crippen LogP contribution in [0.4, 0.5) is 10.5 Å². The van der Waals surface area contributed by atoms with Crippen LogP contribution in [-0.2, 0) is 0 Å². The molecule has 2 N–H and O–H groups in total. The van der Waals surface area contributed by atoms with Gasteiger partial charge in [-0.3, -0.25) is 0 Å². The average molecular weight is 269 g/mol. The standard InChI is InChI=1S/C12H13ClN2O3/c1-3-6-15(2)12(18)14-10-5-4-8(11(16)17)7-9(10)13/h3-5,7H,1,6H2,2H3,(H,14,18)(H,16,17). The van der Waals surface area contributed by atoms with E-state index in [1.165, 1.54) is 23.1 Å². The number of carboxylic acids is 1. The number of carbonyl (C=O) groups excluding carboxylic acids is 1. The first-order valence-corrected chi connectivity index (χ1v) is 5.49. The molecule has 2 amide bonds. The van der Waals surface area contributed by atoms with Crippen LogP contribution in [-0.4, -0.2) is 35.6 Å². The van der Waals surface area contributed by atoms with Crippen LogP contribution in [0.1, 0.15) is 10.4 Å². The molecular weight excluding hydrogens is 256 g/mol. The largest absolute Gasteiger partial charge is 0.478 e. The number of nitrogens with one attached hydrogen (secondary N) is 1. The van der Waals surface area contributed by atoms with Gasteiger partial charge < -0.3 is 15.3 Å². The Morgan fingerprint density at radius 1 is 1.56 bits per heavy atom. The van der Waals surface area contributed by atoms with Crippen molar-refractivity contribution in [1.29, 1.82) is 0 Å². The number of aromatic carboxylic acids is 1. The van der Waals surface area contributed by atoms with Crippen LogP contribution in [0.5, 0.6) is 0 Å². The van der Waals surface area contributed by atoms with Crippen LogP contribution in [0.25, 0.3) is 0 Å². The zero-order valence-electron chi connectivity index (χ0n) is 9.81. The minimum Gasteiger partial charge on any atom is -0.478 e. The zero-order valence-corrected chi connectivity index (χ0v) is 10.6. The van der Waals surface area contributed by atoms with Gasteiger partial charge in [0.2, 0.25) is 0 Å². The molecule has 96 valence electrons. The molecule has 1 aromatic carbocycles. The maximum absolute atomic E-state index is 11.7. The van der Waals surface area contributed by atoms with Gasteiger partial charge in [-0.2, -0.15) is 0 Å². The number of rotatable bonds is 4. The summed E-state index contributed by atoms with van der Waals surface area (Å²) in [6.45, 7) is 3.93. The van der Waals surface area contributed by atoms with Gasteiger partial charge in [0.05, 0.1) is 16.3 Å². The van der Waals surface area contributed by atoms with Gasteiger partial charge in [0, 0.05) is 13.6 Å². The lowest BCUT2D eigenvalue weighted by Gasteiger charge is -2.16. The number of benzene rings is 1. The highest BCUT2D eigenvalue weighted by Crippen LogP contribution is 2.23. The number of anilines is 1. The highest BCUT2D eigenvalue weighted by atomic mass is 35.5. The summed E-state index contributed by atoms with van der Waals surface area (Å²) >= 11 is 5.88. The topological polar surface area (TPSA) is 69.6 Å². The van der Waals surface area contributed by atoms with Crippen LogP contribution < -0.4 is 5.32 Å². The molecule has 0 aromatic heterocycles. The fourth-order valence-electron chi connectivity index (χ4n) is 1.24. The lowest BCUT2D eigenvalue weighted by Crippen LogP contribution is -2.31. The maximum Gasteiger partial charge on any atom is 0.335 e. The number of halogens is 1. The van der Waals surface area contributed by atoms with E-state index in [0.29, 0.717) is 12.2 Å². The number of nitrogens with zero attached hydrogens (tertiary/aromatic N) is 1. The van der Waals surface area contributed by atoms with Crippen LogP contribution in [0.2, 0.25) is 5.02 Å². The van der Waals surface area contributed by atoms with Gasteiger partial charge >= 0.3 is 12.0 Å². The molecule has 0 saturated heterocycles. The van der Waals surface area contributed by atoms with E-state index in [1.807, 2.05) is 0 Å². The summed E-state index contributed by atoms with van der Waals surface area (Å²) in [4.78, 5) is 23.8. The number of carboxylic acid groups (broad SMARTS) is 1. The van der Waals surface area contributed by atoms with E-state index in [9.17, 15) is 9.59 Å². The van der Waals surface area contributed by atoms with Crippen molar-refractivity contribution in [2.24, 2.45) is 0 Å². The van der Waals surface area contributed by atoms with Gasteiger partial charge in [0.15, 0.2) is 0 Å². The SMILES string of the molecule is C=CCN(C)C(=O)Nc1ccc(C(=O)O)cc1Cl. The van der Waals surface area contributed by atoms with E-state index in [-0.39, 0.29) is 16.6 Å². The van der Waals surface area contributed by atoms with E-state index in [4.69, 9.17) is 16.7 Å². The summed E-state index contributed by atoms with van der Waals surface area (Å²) in [5, 5.41) is 11.5. The predicted molar refractivity (Wildman–Crippen MR) is 70.3 cm³/mol. The van der Waals surface area contributed by atoms with Gasteiger partial charge in [-0.25, -0.2) is 9.59 Å². The third-order valence-corrected chi connectivity index (χ3v) is 2.52. The highest BCUT2D eigenvalue weighted by Gasteiger charge is 2.11. The van der Waals surface area contributed by atoms with Gasteiger partial charge in [0.25, 0.3) is 0 Å². The van der Waals surface area contributed by atoms with E-state index >= 15 is 0 Å². The summed E-state index contributed by atoms with van der Waals surface area (Å²) in [6.07, 6.45) is 1.59. The van der Waals surface area contributed by atoms with Crippen LogP contribution in [0.15, 0.2) is 30.9 Å². The molecule has 0 aliphatic heterocycles. The third kappa shape index (κ3) is 3.49. The Kier molecular flexibility index (Phi) is 4.74. The predicted octanol–water partition coefficient (Wildman–Crippen LogP) is 2.69. The van der Waals surface area contributed by atoms with Crippen molar-refractivity contribution in [2.45, 2.75) is 0 Å². The van der Waals surface area contributed by atoms with Gasteiger partial charge in [-0.15, -0.1) is 6.58 Å². The number of hydrogen-bond donors (Lipinski definition) is 2. The Bertz CT molecular complexity index is 488. The van der Waals surface area contributed by atoms with Crippen molar-refractivity contribution in [1.82, 2.24) is 4.90 Å². The number of likely N-dealkylation sites (N-methyl/N-ethyl adjacent to an activating group) is 1. The van der Waals surface area contributed by atoms with Crippen molar-refractivity contribution in [2.75, 3.05) is 18.9 Å². The summed E-state index contributed by atoms with van der Waals surface area (Å²) in [7, 11) is 1.61. The quantitative estimate of drug-likeness (QED) is 0.825. The molecule has 0 fully saturated rings. The molecule has 1 aromatic rings. The van der Waals surface area contributed by atoms with E-state index in [0.717, 1.165) is 0 Å². The smallest absolute Gasteiger partial charge is 0.335 e. The first kappa shape index (κ1) is 14.1. The summed E-state index contributed by atoms with van der Waals surface area (Å²) in [5.74, 6) is -1.07. The van der Waals surface area contributed by atoms with Crippen molar-refractivity contribution in [3.05, 3.63) is 41.4 Å². The molecule has 0 heterocycles. The van der Waals surface area contributed by atoms with Crippen molar-refractivity contribution >= 4 is 29.3 Å². The molecule has 0 spiro atoms. The molecule has 0 unspecified atom stereocenters. The normalized spacial score (nSPS) is 9.67. The second-order valence-corrected chi connectivity index (χ2v) is 4.01. The van der Waals surface area contributed by atoms with Crippen LogP contribution >= 0.6 is 11.6 Å². The molecule has 0 aliphatic rings. The fourth-order valence-corrected chi connectivity index (χ4v) is 1.46. The molecule has 6 heteroatoms. The lowest BCUT2D eigenvalue weighted by atomic mass is 10.2. The number of carbonyl (C=O) groups is 2. The molecule has 0 saturated carbocycles. The highest BCUT2D eigenvalue weighted by molar-refractivity contribution is 6.34. The van der Waals surface area contributed by atoms with Crippen LogP contribution in [0, 0.1) is 0 Å². The summed E-state index contributed by atoms with van der Waals surface area (Å²) < 4.78 is 0. The minimum atomic E-state index is -1.07. The van der Waals surface area contributed by atoms with E-state index in [2.05, 4.69) is 11.9 Å². The minimum absolute atomic E-state index is 0.0671. The number of hydrogen-bond acceptors (Lipinski definition) is 2. The van der Waals surface area contributed by atoms with E-state index < -0.39 is 5.97 Å². The molecule has 0 radical (unpaired) electrons. The molecular formula is C12H13ClN2O3. The Morgan fingerprint density at radius 2 is 2.22 bits per heavy atom. The van der Waals surface area contributed by atoms with Gasteiger partial charge in [0.1, 0.15) is 0 Å². The Morgan fingerprint density at radius 3 is 2.72 bits per heavy atom. The lowest BCUT2D eigenvalue weighted by molar-refractivity contribution is 0.0697. The number of amides is 2. The number of urea groups is 1. The molecule has 0 aliphatic carbocycles. The monoisotopic (exact) mass is 268 g/mol. The van der Waals surface area contributed by atoms with Crippen molar-refractivity contribution < 1.29 is 14.7 Å². The molecule has 18 heavy (non-hydrogen) atoms. The average Bonchev–Trinajstić information content (AvgIpc) is 2.31. The fraction of sp³-hybridized carbons (Fsp3) is 0.167.